The maximum atomic E-state index is 13.7. The Hall–Kier alpha value is -6.32. The van der Waals surface area contributed by atoms with Crippen LogP contribution in [0.3, 0.4) is 0 Å². The molecule has 0 fully saturated rings. The van der Waals surface area contributed by atoms with Crippen molar-refractivity contribution in [3.8, 4) is 33.9 Å². The quantitative estimate of drug-likeness (QED) is 0.124. The summed E-state index contributed by atoms with van der Waals surface area (Å²) in [6, 6.07) is 27.6. The van der Waals surface area contributed by atoms with Crippen LogP contribution in [-0.4, -0.2) is 52.6 Å². The highest BCUT2D eigenvalue weighted by atomic mass is 35.5. The molecule has 76 heavy (non-hydrogen) atoms. The predicted molar refractivity (Wildman–Crippen MR) is 305 cm³/mol. The largest absolute Gasteiger partial charge is 0.360 e. The molecule has 2 aliphatic rings. The van der Waals surface area contributed by atoms with E-state index in [2.05, 4.69) is 128 Å². The second-order valence-corrected chi connectivity index (χ2v) is 20.0. The third kappa shape index (κ3) is 10.5. The monoisotopic (exact) mass is 1120 g/mol. The predicted octanol–water partition coefficient (Wildman–Crippen LogP) is 15.4. The third-order valence-corrected chi connectivity index (χ3v) is 15.2. The molecule has 2 aliphatic heterocycles. The van der Waals surface area contributed by atoms with E-state index in [0.29, 0.717) is 29.0 Å². The van der Waals surface area contributed by atoms with Gasteiger partial charge in [0, 0.05) is 84.4 Å². The lowest BCUT2D eigenvalue weighted by atomic mass is 9.97. The fraction of sp³-hybridized carbons (Fsp3) is 0.241. The first-order chi connectivity index (χ1) is 36.4. The molecule has 0 amide bonds. The van der Waals surface area contributed by atoms with Gasteiger partial charge in [0.15, 0.2) is 0 Å². The average molecular weight is 1130 g/mol. The smallest absolute Gasteiger partial charge is 0.231 e. The highest BCUT2D eigenvalue weighted by molar-refractivity contribution is 6.36. The molecule has 0 saturated carbocycles. The minimum absolute atomic E-state index is 0. The van der Waals surface area contributed by atoms with Crippen LogP contribution in [0.5, 0.6) is 0 Å². The molecule has 0 saturated heterocycles. The van der Waals surface area contributed by atoms with Crippen LogP contribution in [0.15, 0.2) is 110 Å². The fourth-order valence-electron chi connectivity index (χ4n) is 10.4. The highest BCUT2D eigenvalue weighted by Gasteiger charge is 2.31. The molecule has 8 heterocycles. The molecule has 392 valence electrons. The van der Waals surface area contributed by atoms with E-state index in [1.54, 1.807) is 0 Å². The van der Waals surface area contributed by atoms with E-state index >= 15 is 0 Å². The van der Waals surface area contributed by atoms with Crippen molar-refractivity contribution < 1.29 is 13.2 Å². The molecule has 0 spiro atoms. The zero-order valence-corrected chi connectivity index (χ0v) is 46.0. The highest BCUT2D eigenvalue weighted by Crippen LogP contribution is 2.42. The van der Waals surface area contributed by atoms with Crippen molar-refractivity contribution >= 4 is 86.4 Å². The Morgan fingerprint density at radius 1 is 0.566 bits per heavy atom. The van der Waals surface area contributed by atoms with Crippen molar-refractivity contribution in [2.24, 2.45) is 0 Å². The van der Waals surface area contributed by atoms with Crippen LogP contribution in [-0.2, 0) is 51.6 Å². The molecule has 10 aromatic rings. The molecule has 6 aromatic heterocycles. The van der Waals surface area contributed by atoms with E-state index < -0.39 is 17.6 Å². The summed E-state index contributed by atoms with van der Waals surface area (Å²) >= 11 is 24.6. The first-order valence-corrected chi connectivity index (χ1v) is 26.6. The van der Waals surface area contributed by atoms with Gasteiger partial charge in [-0.1, -0.05) is 123 Å². The summed E-state index contributed by atoms with van der Waals surface area (Å²) in [5.74, 6) is -1.35. The molecule has 0 radical (unpaired) electrons. The summed E-state index contributed by atoms with van der Waals surface area (Å²) < 4.78 is 42.2. The maximum Gasteiger partial charge on any atom is 0.231 e. The molecular weight excluding hydrogens is 1070 g/mol. The van der Waals surface area contributed by atoms with Crippen LogP contribution in [0.25, 0.3) is 55.7 Å². The van der Waals surface area contributed by atoms with Gasteiger partial charge in [0.25, 0.3) is 0 Å². The number of fused-ring (bicyclic) bond motifs is 4. The van der Waals surface area contributed by atoms with Gasteiger partial charge in [-0.3, -0.25) is 0 Å². The van der Waals surface area contributed by atoms with Gasteiger partial charge in [0.05, 0.1) is 77.7 Å². The minimum Gasteiger partial charge on any atom is -0.360 e. The van der Waals surface area contributed by atoms with Crippen LogP contribution in [0.2, 0.25) is 20.1 Å². The van der Waals surface area contributed by atoms with Gasteiger partial charge in [-0.2, -0.15) is 14.6 Å². The Balaban J connectivity index is 0.000000161. The standard InChI is InChI=1S/C29H26Cl2FN5.C24H25ClN4.C5H2ClF2N.ClH/c1-3-17-6-5-7-18(4-2)27(17)37-28(21-8-9-23(30)26-20(21)10-12-33-26)22-16-36(13-11-25(22)35-37)29-24(31)14-19(32)15-34-29;1-3-15-6-5-7-16(4-2)23(15)29-24(19-14-26-12-11-21(19)28-29)18-8-9-20(25)22-17(18)10-13-27-22;6-4-1-3(7)2-9-5(4)8;/h5-10,12,14-15,33H,3-4,11,13,16H2,1-2H3;5-10,13,26-27H,3-4,11-12,14H2,1-2H3;1-2H;1H. The lowest BCUT2D eigenvalue weighted by Gasteiger charge is -2.28. The normalized spacial score (nSPS) is 12.9. The van der Waals surface area contributed by atoms with E-state index in [-0.39, 0.29) is 17.4 Å². The van der Waals surface area contributed by atoms with Gasteiger partial charge in [-0.15, -0.1) is 12.4 Å². The number of nitrogens with one attached hydrogen (secondary N) is 3. The van der Waals surface area contributed by atoms with E-state index in [1.165, 1.54) is 62.7 Å². The molecular formula is C58H54Cl5F3N10. The topological polar surface area (TPSA) is 108 Å². The van der Waals surface area contributed by atoms with Crippen LogP contribution < -0.4 is 10.2 Å². The van der Waals surface area contributed by atoms with Crippen molar-refractivity contribution in [1.29, 1.82) is 0 Å². The molecule has 4 aromatic carbocycles. The van der Waals surface area contributed by atoms with Crippen molar-refractivity contribution in [3.63, 3.8) is 0 Å². The van der Waals surface area contributed by atoms with Gasteiger partial charge in [-0.05, 0) is 84.3 Å². The summed E-state index contributed by atoms with van der Waals surface area (Å²) in [7, 11) is 0. The number of rotatable bonds is 9. The number of anilines is 1. The number of halogens is 8. The van der Waals surface area contributed by atoms with Crippen molar-refractivity contribution in [2.75, 3.05) is 18.0 Å². The fourth-order valence-corrected chi connectivity index (χ4v) is 11.3. The van der Waals surface area contributed by atoms with Gasteiger partial charge in [-0.25, -0.2) is 28.1 Å². The Morgan fingerprint density at radius 2 is 1.05 bits per heavy atom. The Bertz CT molecular complexity index is 3690. The number of benzene rings is 4. The van der Waals surface area contributed by atoms with Crippen LogP contribution >= 0.6 is 58.8 Å². The van der Waals surface area contributed by atoms with E-state index in [1.807, 2.05) is 24.5 Å². The molecule has 0 aliphatic carbocycles. The maximum absolute atomic E-state index is 13.7. The van der Waals surface area contributed by atoms with Gasteiger partial charge >= 0.3 is 0 Å². The Kier molecular flexibility index (Phi) is 16.8. The molecule has 0 atom stereocenters. The Morgan fingerprint density at radius 3 is 1.54 bits per heavy atom. The van der Waals surface area contributed by atoms with Crippen LogP contribution in [0.4, 0.5) is 19.0 Å². The van der Waals surface area contributed by atoms with E-state index in [9.17, 15) is 13.2 Å². The van der Waals surface area contributed by atoms with Gasteiger partial charge in [0.2, 0.25) is 5.95 Å². The lowest BCUT2D eigenvalue weighted by molar-refractivity contribution is 0.560. The molecule has 3 N–H and O–H groups in total. The third-order valence-electron chi connectivity index (χ3n) is 14.0. The SMILES string of the molecule is CCc1cccc(CC)c1-n1nc2c(c1-c1ccc(Cl)c3[nH]ccc13)CN(c1ncc(F)cc1Cl)CC2.CCc1cccc(CC)c1-n1nc2c(c1-c1ccc(Cl)c3[nH]ccc13)CNCC2.Cl.Fc1cnc(F)c(Cl)c1. The number of para-hydroxylation sites is 2. The molecule has 18 heteroatoms. The molecule has 0 bridgehead atoms. The van der Waals surface area contributed by atoms with Crippen molar-refractivity contribution in [2.45, 2.75) is 79.3 Å². The van der Waals surface area contributed by atoms with E-state index in [4.69, 9.17) is 56.6 Å². The summed E-state index contributed by atoms with van der Waals surface area (Å²) in [6.45, 7) is 11.9. The van der Waals surface area contributed by atoms with Gasteiger partial charge in [0.1, 0.15) is 17.5 Å². The molecule has 0 unspecified atom stereocenters. The summed E-state index contributed by atoms with van der Waals surface area (Å²) in [5.41, 5.74) is 18.5. The second-order valence-electron chi connectivity index (χ2n) is 18.3. The first-order valence-electron chi connectivity index (χ1n) is 25.1. The number of nitrogens with zero attached hydrogens (tertiary/aromatic N) is 7. The van der Waals surface area contributed by atoms with E-state index in [0.717, 1.165) is 119 Å². The molecule has 12 rings (SSSR count). The summed E-state index contributed by atoms with van der Waals surface area (Å²) in [5, 5.41) is 17.5. The van der Waals surface area contributed by atoms with Crippen molar-refractivity contribution in [3.05, 3.63) is 192 Å². The number of pyridine rings is 2. The van der Waals surface area contributed by atoms with Gasteiger partial charge < -0.3 is 20.2 Å². The number of aromatic amines is 2. The lowest BCUT2D eigenvalue weighted by Crippen LogP contribution is -2.31. The number of aromatic nitrogens is 8. The Labute approximate surface area is 465 Å². The van der Waals surface area contributed by atoms with Crippen LogP contribution in [0, 0.1) is 17.6 Å². The summed E-state index contributed by atoms with van der Waals surface area (Å²) in [4.78, 5) is 16.0. The number of H-pyrrole nitrogens is 2. The first kappa shape index (κ1) is 54.5. The zero-order valence-electron chi connectivity index (χ0n) is 42.1. The molecule has 10 nitrogen and oxygen atoms in total. The summed E-state index contributed by atoms with van der Waals surface area (Å²) in [6.07, 6.45) is 11.3. The number of hydrogen-bond donors (Lipinski definition) is 3. The van der Waals surface area contributed by atoms with Crippen LogP contribution in [0.1, 0.15) is 72.5 Å². The zero-order chi connectivity index (χ0) is 52.5. The average Bonchev–Trinajstić information content (AvgIpc) is 4.27. The second kappa shape index (κ2) is 23.5. The van der Waals surface area contributed by atoms with Crippen molar-refractivity contribution in [1.82, 2.24) is 44.8 Å². The number of hydrogen-bond acceptors (Lipinski definition) is 6. The number of aryl methyl sites for hydroxylation is 4. The minimum atomic E-state index is -0.849.